The van der Waals surface area contributed by atoms with Crippen LogP contribution in [0.3, 0.4) is 0 Å². The summed E-state index contributed by atoms with van der Waals surface area (Å²) in [5, 5.41) is 17.7. The smallest absolute Gasteiger partial charge is 0.220 e. The van der Waals surface area contributed by atoms with E-state index in [4.69, 9.17) is 0 Å². The van der Waals surface area contributed by atoms with Gasteiger partial charge in [0, 0.05) is 26.2 Å². The lowest BCUT2D eigenvalue weighted by molar-refractivity contribution is -0.123. The van der Waals surface area contributed by atoms with E-state index in [1.165, 1.54) is 0 Å². The summed E-state index contributed by atoms with van der Waals surface area (Å²) >= 11 is 0. The molecular formula is C18H31N3O2. The van der Waals surface area contributed by atoms with Crippen LogP contribution in [-0.2, 0) is 18.3 Å². The molecule has 1 aromatic heterocycles. The number of amides is 1. The minimum absolute atomic E-state index is 0.000206. The number of aryl methyl sites for hydroxylation is 2. The van der Waals surface area contributed by atoms with Gasteiger partial charge in [0.25, 0.3) is 0 Å². The van der Waals surface area contributed by atoms with Crippen molar-refractivity contribution in [2.75, 3.05) is 6.54 Å². The van der Waals surface area contributed by atoms with Crippen LogP contribution in [0.2, 0.25) is 0 Å². The molecule has 1 fully saturated rings. The maximum Gasteiger partial charge on any atom is 0.220 e. The number of hydrogen-bond acceptors (Lipinski definition) is 3. The first-order chi connectivity index (χ1) is 10.7. The van der Waals surface area contributed by atoms with Crippen LogP contribution in [0.5, 0.6) is 0 Å². The first-order valence-electron chi connectivity index (χ1n) is 8.65. The van der Waals surface area contributed by atoms with E-state index in [2.05, 4.69) is 31.2 Å². The zero-order chi connectivity index (χ0) is 17.1. The Morgan fingerprint density at radius 1 is 1.43 bits per heavy atom. The molecule has 2 N–H and O–H groups in total. The summed E-state index contributed by atoms with van der Waals surface area (Å²) in [6, 6.07) is 0. The van der Waals surface area contributed by atoms with Gasteiger partial charge in [-0.2, -0.15) is 5.10 Å². The third-order valence-electron chi connectivity index (χ3n) is 5.15. The number of carbonyl (C=O) groups excluding carboxylic acids is 1. The molecule has 0 bridgehead atoms. The highest BCUT2D eigenvalue weighted by molar-refractivity contribution is 5.76. The van der Waals surface area contributed by atoms with Gasteiger partial charge in [-0.1, -0.05) is 20.8 Å². The molecule has 0 unspecified atom stereocenters. The van der Waals surface area contributed by atoms with Crippen LogP contribution in [0.4, 0.5) is 0 Å². The number of hydrogen-bond donors (Lipinski definition) is 2. The van der Waals surface area contributed by atoms with E-state index >= 15 is 0 Å². The minimum atomic E-state index is -0.730. The molecule has 130 valence electrons. The standard InChI is InChI=1S/C18H31N3O2/c1-17(2,3)15-7-9-18(23,10-8-15)13-19-16(22)6-5-14-11-20-21(4)12-14/h11-12,15,23H,5-10,13H2,1-4H3,(H,19,22). The van der Waals surface area contributed by atoms with Crippen molar-refractivity contribution in [2.24, 2.45) is 18.4 Å². The number of nitrogens with zero attached hydrogens (tertiary/aromatic N) is 2. The van der Waals surface area contributed by atoms with Crippen molar-refractivity contribution in [3.05, 3.63) is 18.0 Å². The predicted octanol–water partition coefficient (Wildman–Crippen LogP) is 2.44. The van der Waals surface area contributed by atoms with Crippen LogP contribution < -0.4 is 5.32 Å². The van der Waals surface area contributed by atoms with Crippen LogP contribution >= 0.6 is 0 Å². The summed E-state index contributed by atoms with van der Waals surface area (Å²) in [5.41, 5.74) is 0.632. The first kappa shape index (κ1) is 18.0. The monoisotopic (exact) mass is 321 g/mol. The second kappa shape index (κ2) is 7.04. The van der Waals surface area contributed by atoms with Crippen LogP contribution in [-0.4, -0.2) is 32.9 Å². The molecular weight excluding hydrogens is 290 g/mol. The molecule has 5 nitrogen and oxygen atoms in total. The largest absolute Gasteiger partial charge is 0.388 e. The van der Waals surface area contributed by atoms with E-state index in [9.17, 15) is 9.90 Å². The Morgan fingerprint density at radius 3 is 2.61 bits per heavy atom. The van der Waals surface area contributed by atoms with Gasteiger partial charge in [-0.3, -0.25) is 9.48 Å². The number of rotatable bonds is 5. The SMILES string of the molecule is Cn1cc(CCC(=O)NCC2(O)CCC(C(C)(C)C)CC2)cn1. The molecule has 5 heteroatoms. The molecule has 0 aliphatic heterocycles. The van der Waals surface area contributed by atoms with E-state index in [1.54, 1.807) is 10.9 Å². The summed E-state index contributed by atoms with van der Waals surface area (Å²) < 4.78 is 1.74. The number of aliphatic hydroxyl groups is 1. The maximum atomic E-state index is 12.0. The molecule has 0 saturated heterocycles. The molecule has 1 aliphatic rings. The molecule has 0 radical (unpaired) electrons. The number of carbonyl (C=O) groups is 1. The summed E-state index contributed by atoms with van der Waals surface area (Å²) in [5.74, 6) is 0.657. The molecule has 1 heterocycles. The van der Waals surface area contributed by atoms with E-state index in [1.807, 2.05) is 13.2 Å². The van der Waals surface area contributed by atoms with E-state index in [0.717, 1.165) is 31.2 Å². The molecule has 1 amide bonds. The van der Waals surface area contributed by atoms with Gasteiger partial charge in [-0.25, -0.2) is 0 Å². The van der Waals surface area contributed by atoms with Crippen LogP contribution in [0.25, 0.3) is 0 Å². The third kappa shape index (κ3) is 5.34. The average Bonchev–Trinajstić information content (AvgIpc) is 2.88. The normalized spacial score (nSPS) is 25.3. The molecule has 0 spiro atoms. The fourth-order valence-electron chi connectivity index (χ4n) is 3.41. The molecule has 0 aromatic carbocycles. The van der Waals surface area contributed by atoms with Gasteiger partial charge in [-0.15, -0.1) is 0 Å². The van der Waals surface area contributed by atoms with E-state index < -0.39 is 5.60 Å². The second-order valence-electron chi connectivity index (χ2n) is 8.16. The van der Waals surface area contributed by atoms with Gasteiger partial charge in [0.05, 0.1) is 11.8 Å². The van der Waals surface area contributed by atoms with Crippen LogP contribution in [0.1, 0.15) is 58.4 Å². The van der Waals surface area contributed by atoms with Gasteiger partial charge in [0.15, 0.2) is 0 Å². The third-order valence-corrected chi connectivity index (χ3v) is 5.15. The molecule has 1 aromatic rings. The van der Waals surface area contributed by atoms with Crippen molar-refractivity contribution in [1.29, 1.82) is 0 Å². The molecule has 23 heavy (non-hydrogen) atoms. The number of nitrogens with one attached hydrogen (secondary N) is 1. The summed E-state index contributed by atoms with van der Waals surface area (Å²) in [6.45, 7) is 7.17. The van der Waals surface area contributed by atoms with Gasteiger partial charge in [0.1, 0.15) is 0 Å². The Labute approximate surface area is 139 Å². The molecule has 1 aliphatic carbocycles. The fraction of sp³-hybridized carbons (Fsp3) is 0.778. The zero-order valence-corrected chi connectivity index (χ0v) is 14.9. The Morgan fingerprint density at radius 2 is 2.09 bits per heavy atom. The highest BCUT2D eigenvalue weighted by Gasteiger charge is 2.37. The van der Waals surface area contributed by atoms with Gasteiger partial charge in [-0.05, 0) is 49.0 Å². The predicted molar refractivity (Wildman–Crippen MR) is 90.9 cm³/mol. The van der Waals surface area contributed by atoms with Gasteiger partial charge >= 0.3 is 0 Å². The molecule has 0 atom stereocenters. The second-order valence-corrected chi connectivity index (χ2v) is 8.16. The summed E-state index contributed by atoms with van der Waals surface area (Å²) in [4.78, 5) is 12.0. The summed E-state index contributed by atoms with van der Waals surface area (Å²) in [7, 11) is 1.87. The van der Waals surface area contributed by atoms with Crippen molar-refractivity contribution < 1.29 is 9.90 Å². The Bertz CT molecular complexity index is 523. The highest BCUT2D eigenvalue weighted by atomic mass is 16.3. The highest BCUT2D eigenvalue weighted by Crippen LogP contribution is 2.41. The Balaban J connectivity index is 1.71. The van der Waals surface area contributed by atoms with E-state index in [-0.39, 0.29) is 5.91 Å². The zero-order valence-electron chi connectivity index (χ0n) is 14.9. The van der Waals surface area contributed by atoms with Gasteiger partial charge < -0.3 is 10.4 Å². The first-order valence-corrected chi connectivity index (χ1v) is 8.65. The van der Waals surface area contributed by atoms with Crippen molar-refractivity contribution in [3.8, 4) is 0 Å². The van der Waals surface area contributed by atoms with Crippen molar-refractivity contribution in [3.63, 3.8) is 0 Å². The van der Waals surface area contributed by atoms with Crippen molar-refractivity contribution in [2.45, 2.75) is 64.9 Å². The lowest BCUT2D eigenvalue weighted by atomic mass is 9.68. The lowest BCUT2D eigenvalue weighted by Gasteiger charge is -2.41. The number of aromatic nitrogens is 2. The Hall–Kier alpha value is -1.36. The van der Waals surface area contributed by atoms with Crippen molar-refractivity contribution >= 4 is 5.91 Å². The average molecular weight is 321 g/mol. The topological polar surface area (TPSA) is 67.2 Å². The lowest BCUT2D eigenvalue weighted by Crippen LogP contribution is -2.46. The quantitative estimate of drug-likeness (QED) is 0.875. The Kier molecular flexibility index (Phi) is 5.50. The fourth-order valence-corrected chi connectivity index (χ4v) is 3.41. The maximum absolute atomic E-state index is 12.0. The minimum Gasteiger partial charge on any atom is -0.388 e. The van der Waals surface area contributed by atoms with Crippen LogP contribution in [0, 0.1) is 11.3 Å². The van der Waals surface area contributed by atoms with E-state index in [0.29, 0.717) is 30.7 Å². The summed E-state index contributed by atoms with van der Waals surface area (Å²) in [6.07, 6.45) is 8.45. The molecule has 2 rings (SSSR count). The van der Waals surface area contributed by atoms with Gasteiger partial charge in [0.2, 0.25) is 5.91 Å². The van der Waals surface area contributed by atoms with Crippen molar-refractivity contribution in [1.82, 2.24) is 15.1 Å². The molecule has 1 saturated carbocycles. The van der Waals surface area contributed by atoms with Crippen LogP contribution in [0.15, 0.2) is 12.4 Å².